The third-order valence-corrected chi connectivity index (χ3v) is 3.45. The predicted octanol–water partition coefficient (Wildman–Crippen LogP) is 3.14. The first-order valence-electron chi connectivity index (χ1n) is 6.30. The van der Waals surface area contributed by atoms with E-state index in [2.05, 4.69) is 24.3 Å². The lowest BCUT2D eigenvalue weighted by Crippen LogP contribution is -1.99. The van der Waals surface area contributed by atoms with Crippen LogP contribution < -0.4 is 0 Å². The Morgan fingerprint density at radius 2 is 2.28 bits per heavy atom. The molecule has 3 heteroatoms. The molecule has 2 aromatic rings. The summed E-state index contributed by atoms with van der Waals surface area (Å²) in [6.07, 6.45) is 6.64. The second-order valence-electron chi connectivity index (χ2n) is 5.04. The standard InChI is InChI=1S/C15H15N3/c1-11-2-3-13(7-16)6-15(11)14-8-17-18(10-14)9-12-4-5-12/h2-3,6,8,10,12H,4-5,9H2,1H3. The van der Waals surface area contributed by atoms with E-state index < -0.39 is 0 Å². The zero-order chi connectivity index (χ0) is 12.5. The summed E-state index contributed by atoms with van der Waals surface area (Å²) in [5.41, 5.74) is 4.09. The van der Waals surface area contributed by atoms with E-state index >= 15 is 0 Å². The number of hydrogen-bond acceptors (Lipinski definition) is 2. The fourth-order valence-electron chi connectivity index (χ4n) is 2.17. The van der Waals surface area contributed by atoms with Crippen molar-refractivity contribution in [1.29, 1.82) is 5.26 Å². The molecule has 18 heavy (non-hydrogen) atoms. The van der Waals surface area contributed by atoms with E-state index in [1.165, 1.54) is 18.4 Å². The molecule has 3 rings (SSSR count). The highest BCUT2D eigenvalue weighted by Crippen LogP contribution is 2.31. The van der Waals surface area contributed by atoms with Crippen LogP contribution in [0.2, 0.25) is 0 Å². The smallest absolute Gasteiger partial charge is 0.0991 e. The van der Waals surface area contributed by atoms with E-state index in [4.69, 9.17) is 5.26 Å². The van der Waals surface area contributed by atoms with Crippen LogP contribution in [0.25, 0.3) is 11.1 Å². The Morgan fingerprint density at radius 1 is 1.44 bits per heavy atom. The number of hydrogen-bond donors (Lipinski definition) is 0. The normalized spacial score (nSPS) is 14.4. The van der Waals surface area contributed by atoms with Crippen LogP contribution in [0.4, 0.5) is 0 Å². The van der Waals surface area contributed by atoms with Gasteiger partial charge in [-0.3, -0.25) is 4.68 Å². The van der Waals surface area contributed by atoms with E-state index in [0.717, 1.165) is 23.6 Å². The summed E-state index contributed by atoms with van der Waals surface area (Å²) in [7, 11) is 0. The lowest BCUT2D eigenvalue weighted by molar-refractivity contribution is 0.563. The van der Waals surface area contributed by atoms with Gasteiger partial charge in [-0.15, -0.1) is 0 Å². The number of aryl methyl sites for hydroxylation is 1. The Labute approximate surface area is 107 Å². The van der Waals surface area contributed by atoms with Crippen LogP contribution in [0, 0.1) is 24.2 Å². The molecular formula is C15H15N3. The molecule has 90 valence electrons. The molecule has 0 atom stereocenters. The van der Waals surface area contributed by atoms with E-state index in [9.17, 15) is 0 Å². The molecule has 1 aromatic heterocycles. The minimum atomic E-state index is 0.700. The van der Waals surface area contributed by atoms with Crippen LogP contribution in [-0.4, -0.2) is 9.78 Å². The fraction of sp³-hybridized carbons (Fsp3) is 0.333. The number of aromatic nitrogens is 2. The zero-order valence-electron chi connectivity index (χ0n) is 10.4. The summed E-state index contributed by atoms with van der Waals surface area (Å²) in [5, 5.41) is 13.4. The molecular weight excluding hydrogens is 222 g/mol. The Morgan fingerprint density at radius 3 is 3.00 bits per heavy atom. The molecule has 1 aliphatic rings. The number of nitrogens with zero attached hydrogens (tertiary/aromatic N) is 3. The molecule has 0 saturated heterocycles. The summed E-state index contributed by atoms with van der Waals surface area (Å²) >= 11 is 0. The maximum absolute atomic E-state index is 8.96. The molecule has 0 amide bonds. The first-order chi connectivity index (χ1) is 8.76. The van der Waals surface area contributed by atoms with Crippen LogP contribution in [-0.2, 0) is 6.54 Å². The molecule has 0 unspecified atom stereocenters. The van der Waals surface area contributed by atoms with Gasteiger partial charge in [-0.25, -0.2) is 0 Å². The van der Waals surface area contributed by atoms with Crippen LogP contribution in [0.1, 0.15) is 24.0 Å². The molecule has 1 aliphatic carbocycles. The van der Waals surface area contributed by atoms with Gasteiger partial charge < -0.3 is 0 Å². The molecule has 0 radical (unpaired) electrons. The number of rotatable bonds is 3. The summed E-state index contributed by atoms with van der Waals surface area (Å²) < 4.78 is 2.02. The third kappa shape index (κ3) is 2.14. The predicted molar refractivity (Wildman–Crippen MR) is 69.8 cm³/mol. The van der Waals surface area contributed by atoms with Crippen molar-refractivity contribution in [3.05, 3.63) is 41.7 Å². The molecule has 0 N–H and O–H groups in total. The van der Waals surface area contributed by atoms with Gasteiger partial charge in [0, 0.05) is 18.3 Å². The molecule has 0 bridgehead atoms. The Bertz CT molecular complexity index is 615. The summed E-state index contributed by atoms with van der Waals surface area (Å²) in [5.74, 6) is 0.823. The third-order valence-electron chi connectivity index (χ3n) is 3.45. The topological polar surface area (TPSA) is 41.6 Å². The van der Waals surface area contributed by atoms with Crippen LogP contribution in [0.15, 0.2) is 30.6 Å². The van der Waals surface area contributed by atoms with Crippen molar-refractivity contribution in [2.24, 2.45) is 5.92 Å². The van der Waals surface area contributed by atoms with Crippen molar-refractivity contribution >= 4 is 0 Å². The molecule has 0 aliphatic heterocycles. The van der Waals surface area contributed by atoms with Crippen molar-refractivity contribution in [3.63, 3.8) is 0 Å². The number of benzene rings is 1. The largest absolute Gasteiger partial charge is 0.272 e. The highest BCUT2D eigenvalue weighted by molar-refractivity contribution is 5.67. The molecule has 1 saturated carbocycles. The lowest BCUT2D eigenvalue weighted by Gasteiger charge is -2.03. The SMILES string of the molecule is Cc1ccc(C#N)cc1-c1cnn(CC2CC2)c1. The van der Waals surface area contributed by atoms with Crippen molar-refractivity contribution in [3.8, 4) is 17.2 Å². The first-order valence-corrected chi connectivity index (χ1v) is 6.30. The van der Waals surface area contributed by atoms with Gasteiger partial charge in [0.05, 0.1) is 17.8 Å². The van der Waals surface area contributed by atoms with Gasteiger partial charge in [0.2, 0.25) is 0 Å². The lowest BCUT2D eigenvalue weighted by atomic mass is 10.0. The van der Waals surface area contributed by atoms with Gasteiger partial charge in [0.15, 0.2) is 0 Å². The van der Waals surface area contributed by atoms with Crippen LogP contribution in [0.3, 0.4) is 0 Å². The molecule has 1 aromatic carbocycles. The first kappa shape index (κ1) is 11.0. The molecule has 1 fully saturated rings. The Balaban J connectivity index is 1.93. The Hall–Kier alpha value is -2.08. The van der Waals surface area contributed by atoms with Gasteiger partial charge in [-0.2, -0.15) is 10.4 Å². The van der Waals surface area contributed by atoms with E-state index in [1.807, 2.05) is 29.1 Å². The summed E-state index contributed by atoms with van der Waals surface area (Å²) in [6.45, 7) is 3.09. The molecule has 3 nitrogen and oxygen atoms in total. The van der Waals surface area contributed by atoms with Crippen molar-refractivity contribution < 1.29 is 0 Å². The molecule has 1 heterocycles. The second-order valence-corrected chi connectivity index (χ2v) is 5.04. The van der Waals surface area contributed by atoms with Crippen LogP contribution in [0.5, 0.6) is 0 Å². The highest BCUT2D eigenvalue weighted by atomic mass is 15.3. The van der Waals surface area contributed by atoms with E-state index in [0.29, 0.717) is 5.56 Å². The van der Waals surface area contributed by atoms with Crippen LogP contribution >= 0.6 is 0 Å². The maximum atomic E-state index is 8.96. The summed E-state index contributed by atoms with van der Waals surface area (Å²) in [4.78, 5) is 0. The van der Waals surface area contributed by atoms with E-state index in [1.54, 1.807) is 0 Å². The quantitative estimate of drug-likeness (QED) is 0.823. The maximum Gasteiger partial charge on any atom is 0.0991 e. The molecule has 0 spiro atoms. The monoisotopic (exact) mass is 237 g/mol. The minimum Gasteiger partial charge on any atom is -0.272 e. The van der Waals surface area contributed by atoms with Crippen molar-refractivity contribution in [2.75, 3.05) is 0 Å². The zero-order valence-corrected chi connectivity index (χ0v) is 10.4. The fourth-order valence-corrected chi connectivity index (χ4v) is 2.17. The van der Waals surface area contributed by atoms with Gasteiger partial charge in [0.25, 0.3) is 0 Å². The second kappa shape index (κ2) is 4.30. The van der Waals surface area contributed by atoms with Gasteiger partial charge >= 0.3 is 0 Å². The number of nitriles is 1. The average molecular weight is 237 g/mol. The van der Waals surface area contributed by atoms with E-state index in [-0.39, 0.29) is 0 Å². The van der Waals surface area contributed by atoms with Gasteiger partial charge in [-0.05, 0) is 48.9 Å². The Kier molecular flexibility index (Phi) is 2.64. The minimum absolute atomic E-state index is 0.700. The van der Waals surface area contributed by atoms with Gasteiger partial charge in [0.1, 0.15) is 0 Å². The van der Waals surface area contributed by atoms with Crippen molar-refractivity contribution in [1.82, 2.24) is 9.78 Å². The summed E-state index contributed by atoms with van der Waals surface area (Å²) in [6, 6.07) is 7.97. The average Bonchev–Trinajstić information content (AvgIpc) is 3.07. The highest BCUT2D eigenvalue weighted by Gasteiger charge is 2.22. The van der Waals surface area contributed by atoms with Gasteiger partial charge in [-0.1, -0.05) is 6.07 Å². The van der Waals surface area contributed by atoms with Crippen molar-refractivity contribution in [2.45, 2.75) is 26.3 Å².